The van der Waals surface area contributed by atoms with Gasteiger partial charge in [-0.25, -0.2) is 0 Å². The molecule has 1 aliphatic heterocycles. The van der Waals surface area contributed by atoms with Crippen LogP contribution in [0.2, 0.25) is 0 Å². The van der Waals surface area contributed by atoms with E-state index in [-0.39, 0.29) is 12.1 Å². The molecule has 0 aliphatic carbocycles. The van der Waals surface area contributed by atoms with Crippen LogP contribution in [0, 0.1) is 0 Å². The Hall–Kier alpha value is -1.92. The lowest BCUT2D eigenvalue weighted by atomic mass is 10.1. The molecule has 7 heteroatoms. The molecule has 4 nitrogen and oxygen atoms in total. The number of amides is 1. The fraction of sp³-hybridized carbons (Fsp3) is 0.462. The molecule has 2 N–H and O–H groups in total. The quantitative estimate of drug-likeness (QED) is 0.898. The molecular weight excluding hydrogens is 271 g/mol. The highest BCUT2D eigenvalue weighted by molar-refractivity contribution is 6.02. The van der Waals surface area contributed by atoms with Gasteiger partial charge in [-0.3, -0.25) is 4.79 Å². The molecule has 0 aromatic heterocycles. The molecular formula is C13H16F3N3O. The lowest BCUT2D eigenvalue weighted by Crippen LogP contribution is -2.39. The summed E-state index contributed by atoms with van der Waals surface area (Å²) in [5.74, 6) is -0.613. The average molecular weight is 287 g/mol. The summed E-state index contributed by atoms with van der Waals surface area (Å²) in [6, 6.07) is 4.99. The highest BCUT2D eigenvalue weighted by Crippen LogP contribution is 2.29. The van der Waals surface area contributed by atoms with Crippen LogP contribution >= 0.6 is 0 Å². The van der Waals surface area contributed by atoms with Gasteiger partial charge < -0.3 is 15.5 Å². The smallest absolute Gasteiger partial charge is 0.382 e. The van der Waals surface area contributed by atoms with E-state index in [9.17, 15) is 18.0 Å². The number of hydrogen-bond acceptors (Lipinski definition) is 3. The molecule has 1 heterocycles. The molecule has 1 aliphatic rings. The number of rotatable bonds is 3. The van der Waals surface area contributed by atoms with Crippen molar-refractivity contribution in [3.05, 3.63) is 23.8 Å². The summed E-state index contributed by atoms with van der Waals surface area (Å²) in [5.41, 5.74) is 1.58. The van der Waals surface area contributed by atoms with Gasteiger partial charge in [-0.2, -0.15) is 13.2 Å². The van der Waals surface area contributed by atoms with E-state index in [0.717, 1.165) is 10.6 Å². The van der Waals surface area contributed by atoms with Crippen molar-refractivity contribution in [2.45, 2.75) is 13.1 Å². The van der Waals surface area contributed by atoms with Crippen LogP contribution in [0.1, 0.15) is 17.3 Å². The number of anilines is 2. The molecule has 0 fully saturated rings. The second-order valence-electron chi connectivity index (χ2n) is 4.52. The summed E-state index contributed by atoms with van der Waals surface area (Å²) in [5, 5.41) is 6.17. The zero-order valence-electron chi connectivity index (χ0n) is 11.0. The predicted molar refractivity (Wildman–Crippen MR) is 71.1 cm³/mol. The highest BCUT2D eigenvalue weighted by atomic mass is 19.4. The molecule has 1 aromatic carbocycles. The Kier molecular flexibility index (Phi) is 4.06. The number of para-hydroxylation sites is 1. The Morgan fingerprint density at radius 3 is 2.65 bits per heavy atom. The van der Waals surface area contributed by atoms with Crippen LogP contribution in [-0.4, -0.2) is 43.2 Å². The van der Waals surface area contributed by atoms with Crippen LogP contribution in [0.5, 0.6) is 0 Å². The van der Waals surface area contributed by atoms with E-state index in [0.29, 0.717) is 18.8 Å². The monoisotopic (exact) mass is 287 g/mol. The third-order valence-corrected chi connectivity index (χ3v) is 3.08. The zero-order valence-corrected chi connectivity index (χ0v) is 11.0. The second-order valence-corrected chi connectivity index (χ2v) is 4.52. The zero-order chi connectivity index (χ0) is 14.8. The van der Waals surface area contributed by atoms with Crippen LogP contribution in [0.4, 0.5) is 24.5 Å². The van der Waals surface area contributed by atoms with Crippen molar-refractivity contribution in [3.8, 4) is 0 Å². The molecule has 2 rings (SSSR count). The van der Waals surface area contributed by atoms with Crippen LogP contribution in [0.25, 0.3) is 0 Å². The van der Waals surface area contributed by atoms with Crippen molar-refractivity contribution >= 4 is 17.3 Å². The molecule has 0 atom stereocenters. The minimum atomic E-state index is -4.40. The topological polar surface area (TPSA) is 44.4 Å². The van der Waals surface area contributed by atoms with Gasteiger partial charge in [0, 0.05) is 19.6 Å². The summed E-state index contributed by atoms with van der Waals surface area (Å²) in [7, 11) is 0. The van der Waals surface area contributed by atoms with Crippen molar-refractivity contribution in [2.24, 2.45) is 0 Å². The number of fused-ring (bicyclic) bond motifs is 1. The van der Waals surface area contributed by atoms with E-state index in [1.165, 1.54) is 6.92 Å². The SMILES string of the molecule is CCN(CC(F)(F)F)C(=O)c1cccc2c1NCCN2. The first-order chi connectivity index (χ1) is 9.42. The molecule has 0 unspecified atom stereocenters. The van der Waals surface area contributed by atoms with E-state index in [4.69, 9.17) is 0 Å². The lowest BCUT2D eigenvalue weighted by molar-refractivity contribution is -0.140. The molecule has 0 saturated heterocycles. The predicted octanol–water partition coefficient (Wildman–Crippen LogP) is 2.55. The normalized spacial score (nSPS) is 14.0. The minimum absolute atomic E-state index is 0.00936. The number of nitrogens with one attached hydrogen (secondary N) is 2. The highest BCUT2D eigenvalue weighted by Gasteiger charge is 2.33. The molecule has 0 saturated carbocycles. The molecule has 1 aromatic rings. The minimum Gasteiger partial charge on any atom is -0.382 e. The number of alkyl halides is 3. The first-order valence-electron chi connectivity index (χ1n) is 6.39. The molecule has 20 heavy (non-hydrogen) atoms. The number of halogens is 3. The lowest BCUT2D eigenvalue weighted by Gasteiger charge is -2.26. The Morgan fingerprint density at radius 1 is 1.30 bits per heavy atom. The maximum absolute atomic E-state index is 12.5. The van der Waals surface area contributed by atoms with E-state index in [2.05, 4.69) is 10.6 Å². The Balaban J connectivity index is 2.28. The van der Waals surface area contributed by atoms with Gasteiger partial charge in [0.25, 0.3) is 5.91 Å². The van der Waals surface area contributed by atoms with Crippen molar-refractivity contribution in [3.63, 3.8) is 0 Å². The van der Waals surface area contributed by atoms with Crippen LogP contribution in [-0.2, 0) is 0 Å². The van der Waals surface area contributed by atoms with Crippen LogP contribution < -0.4 is 10.6 Å². The largest absolute Gasteiger partial charge is 0.406 e. The van der Waals surface area contributed by atoms with Crippen LogP contribution in [0.15, 0.2) is 18.2 Å². The maximum atomic E-state index is 12.5. The summed E-state index contributed by atoms with van der Waals surface area (Å²) < 4.78 is 37.5. The molecule has 1 amide bonds. The van der Waals surface area contributed by atoms with Gasteiger partial charge in [-0.05, 0) is 19.1 Å². The standard InChI is InChI=1S/C13H16F3N3O/c1-2-19(8-13(14,15)16)12(20)9-4-3-5-10-11(9)18-7-6-17-10/h3-5,17-18H,2,6-8H2,1H3. The number of carbonyl (C=O) groups is 1. The van der Waals surface area contributed by atoms with Crippen molar-refractivity contribution < 1.29 is 18.0 Å². The molecule has 0 spiro atoms. The molecule has 0 radical (unpaired) electrons. The fourth-order valence-corrected chi connectivity index (χ4v) is 2.17. The number of hydrogen-bond donors (Lipinski definition) is 2. The van der Waals surface area contributed by atoms with Crippen LogP contribution in [0.3, 0.4) is 0 Å². The van der Waals surface area contributed by atoms with E-state index >= 15 is 0 Å². The van der Waals surface area contributed by atoms with E-state index < -0.39 is 18.6 Å². The Morgan fingerprint density at radius 2 is 2.00 bits per heavy atom. The number of carbonyl (C=O) groups excluding carboxylic acids is 1. The summed E-state index contributed by atoms with van der Waals surface area (Å²) in [4.78, 5) is 13.1. The van der Waals surface area contributed by atoms with Gasteiger partial charge >= 0.3 is 6.18 Å². The third kappa shape index (κ3) is 3.15. The maximum Gasteiger partial charge on any atom is 0.406 e. The van der Waals surface area contributed by atoms with Gasteiger partial charge in [-0.1, -0.05) is 6.07 Å². The molecule has 110 valence electrons. The van der Waals surface area contributed by atoms with Gasteiger partial charge in [0.2, 0.25) is 0 Å². The summed E-state index contributed by atoms with van der Waals surface area (Å²) in [6.07, 6.45) is -4.40. The van der Waals surface area contributed by atoms with Crippen molar-refractivity contribution in [1.82, 2.24) is 4.90 Å². The molecule has 0 bridgehead atoms. The van der Waals surface area contributed by atoms with E-state index in [1.54, 1.807) is 18.2 Å². The summed E-state index contributed by atoms with van der Waals surface area (Å²) >= 11 is 0. The first-order valence-corrected chi connectivity index (χ1v) is 6.39. The fourth-order valence-electron chi connectivity index (χ4n) is 2.17. The Bertz CT molecular complexity index is 502. The van der Waals surface area contributed by atoms with E-state index in [1.807, 2.05) is 0 Å². The Labute approximate surface area is 114 Å². The third-order valence-electron chi connectivity index (χ3n) is 3.08. The number of benzene rings is 1. The average Bonchev–Trinajstić information content (AvgIpc) is 2.42. The van der Waals surface area contributed by atoms with Crippen molar-refractivity contribution in [2.75, 3.05) is 36.8 Å². The van der Waals surface area contributed by atoms with Crippen molar-refractivity contribution in [1.29, 1.82) is 0 Å². The number of nitrogens with zero attached hydrogens (tertiary/aromatic N) is 1. The van der Waals surface area contributed by atoms with Gasteiger partial charge in [0.15, 0.2) is 0 Å². The first kappa shape index (κ1) is 14.5. The van der Waals surface area contributed by atoms with Gasteiger partial charge in [-0.15, -0.1) is 0 Å². The van der Waals surface area contributed by atoms with Gasteiger partial charge in [0.05, 0.1) is 16.9 Å². The summed E-state index contributed by atoms with van der Waals surface area (Å²) in [6.45, 7) is 1.65. The van der Waals surface area contributed by atoms with Gasteiger partial charge in [0.1, 0.15) is 6.54 Å². The second kappa shape index (κ2) is 5.60.